The van der Waals surface area contributed by atoms with Crippen LogP contribution in [0.15, 0.2) is 24.3 Å². The molecule has 7 nitrogen and oxygen atoms in total. The number of anilines is 1. The summed E-state index contributed by atoms with van der Waals surface area (Å²) in [5.74, 6) is 1.58. The molecule has 3 rings (SSSR count). The molecule has 1 aromatic rings. The third-order valence-corrected chi connectivity index (χ3v) is 6.94. The zero-order valence-corrected chi connectivity index (χ0v) is 17.5. The van der Waals surface area contributed by atoms with Crippen molar-refractivity contribution in [3.8, 4) is 0 Å². The topological polar surface area (TPSA) is 73.0 Å². The molecular weight excluding hydrogens is 376 g/mol. The number of amides is 3. The molecule has 2 atom stereocenters. The number of nitrogens with zero attached hydrogens (tertiary/aromatic N) is 3. The molecule has 28 heavy (non-hydrogen) atoms. The zero-order chi connectivity index (χ0) is 20.1. The molecule has 8 heteroatoms. The van der Waals surface area contributed by atoms with Crippen LogP contribution >= 0.6 is 0 Å². The Morgan fingerprint density at radius 1 is 1.11 bits per heavy atom. The van der Waals surface area contributed by atoms with Crippen LogP contribution in [0, 0.1) is 5.92 Å². The highest BCUT2D eigenvalue weighted by molar-refractivity contribution is 7.85. The SMILES string of the molecule is CC(=O)N1CCN(c2ccccc2CNC(=O)N2CCS(=O)CC(C)C2)CC1. The van der Waals surface area contributed by atoms with Crippen molar-refractivity contribution in [3.63, 3.8) is 0 Å². The number of carbonyl (C=O) groups is 2. The van der Waals surface area contributed by atoms with Gasteiger partial charge in [-0.3, -0.25) is 9.00 Å². The van der Waals surface area contributed by atoms with Gasteiger partial charge in [0.2, 0.25) is 5.91 Å². The molecule has 2 saturated heterocycles. The Labute approximate surface area is 169 Å². The number of nitrogens with one attached hydrogen (secondary N) is 1. The van der Waals surface area contributed by atoms with Gasteiger partial charge in [-0.25, -0.2) is 4.79 Å². The van der Waals surface area contributed by atoms with Gasteiger partial charge in [-0.1, -0.05) is 25.1 Å². The van der Waals surface area contributed by atoms with Gasteiger partial charge >= 0.3 is 6.03 Å². The molecule has 2 fully saturated rings. The molecule has 0 saturated carbocycles. The van der Waals surface area contributed by atoms with Gasteiger partial charge in [0.05, 0.1) is 0 Å². The van der Waals surface area contributed by atoms with Gasteiger partial charge in [0.1, 0.15) is 0 Å². The number of para-hydroxylation sites is 1. The largest absolute Gasteiger partial charge is 0.368 e. The third kappa shape index (κ3) is 5.25. The maximum atomic E-state index is 12.6. The molecule has 2 unspecified atom stereocenters. The second kappa shape index (κ2) is 9.41. The molecule has 0 aliphatic carbocycles. The van der Waals surface area contributed by atoms with Crippen LogP contribution in [0.25, 0.3) is 0 Å². The zero-order valence-electron chi connectivity index (χ0n) is 16.7. The van der Waals surface area contributed by atoms with E-state index >= 15 is 0 Å². The highest BCUT2D eigenvalue weighted by Crippen LogP contribution is 2.22. The lowest BCUT2D eigenvalue weighted by Gasteiger charge is -2.36. The molecule has 1 N–H and O–H groups in total. The fourth-order valence-electron chi connectivity index (χ4n) is 3.83. The maximum Gasteiger partial charge on any atom is 0.317 e. The van der Waals surface area contributed by atoms with Gasteiger partial charge in [-0.15, -0.1) is 0 Å². The van der Waals surface area contributed by atoms with Crippen LogP contribution in [-0.2, 0) is 22.1 Å². The first-order valence-electron chi connectivity index (χ1n) is 9.90. The van der Waals surface area contributed by atoms with Crippen molar-refractivity contribution >= 4 is 28.4 Å². The molecule has 0 aromatic heterocycles. The number of benzene rings is 1. The predicted molar refractivity (Wildman–Crippen MR) is 112 cm³/mol. The standard InChI is InChI=1S/C20H30N4O3S/c1-16-14-24(11-12-28(27)15-16)20(26)21-13-18-5-3-4-6-19(18)23-9-7-22(8-10-23)17(2)25/h3-6,16H,7-15H2,1-2H3,(H,21,26). The van der Waals surface area contributed by atoms with E-state index in [2.05, 4.69) is 16.3 Å². The van der Waals surface area contributed by atoms with E-state index < -0.39 is 10.8 Å². The lowest BCUT2D eigenvalue weighted by molar-refractivity contribution is -0.129. The first-order chi connectivity index (χ1) is 13.4. The van der Waals surface area contributed by atoms with Gasteiger partial charge in [0.15, 0.2) is 0 Å². The average molecular weight is 407 g/mol. The molecular formula is C20H30N4O3S. The normalized spacial score (nSPS) is 23.3. The summed E-state index contributed by atoms with van der Waals surface area (Å²) in [6.45, 7) is 8.31. The van der Waals surface area contributed by atoms with Crippen molar-refractivity contribution in [2.75, 3.05) is 55.7 Å². The smallest absolute Gasteiger partial charge is 0.317 e. The highest BCUT2D eigenvalue weighted by atomic mass is 32.2. The Morgan fingerprint density at radius 3 is 2.54 bits per heavy atom. The summed E-state index contributed by atoms with van der Waals surface area (Å²) in [6.07, 6.45) is 0. The number of carbonyl (C=O) groups excluding carboxylic acids is 2. The fourth-order valence-corrected chi connectivity index (χ4v) is 5.16. The van der Waals surface area contributed by atoms with Crippen LogP contribution in [-0.4, -0.2) is 76.7 Å². The summed E-state index contributed by atoms with van der Waals surface area (Å²) in [5.41, 5.74) is 2.18. The Hall–Kier alpha value is -2.09. The predicted octanol–water partition coefficient (Wildman–Crippen LogP) is 1.27. The molecule has 1 aromatic carbocycles. The summed E-state index contributed by atoms with van der Waals surface area (Å²) in [7, 11) is -0.835. The second-order valence-corrected chi connectivity index (χ2v) is 9.26. The number of piperazine rings is 1. The summed E-state index contributed by atoms with van der Waals surface area (Å²) >= 11 is 0. The molecule has 3 amide bonds. The van der Waals surface area contributed by atoms with Crippen molar-refractivity contribution in [2.45, 2.75) is 20.4 Å². The van der Waals surface area contributed by atoms with Crippen LogP contribution in [0.3, 0.4) is 0 Å². The number of rotatable bonds is 3. The van der Waals surface area contributed by atoms with E-state index in [1.54, 1.807) is 11.8 Å². The van der Waals surface area contributed by atoms with Crippen molar-refractivity contribution in [3.05, 3.63) is 29.8 Å². The summed E-state index contributed by atoms with van der Waals surface area (Å²) in [6, 6.07) is 7.99. The minimum Gasteiger partial charge on any atom is -0.368 e. The van der Waals surface area contributed by atoms with Crippen LogP contribution < -0.4 is 10.2 Å². The van der Waals surface area contributed by atoms with E-state index in [0.717, 1.165) is 37.4 Å². The number of hydrogen-bond donors (Lipinski definition) is 1. The van der Waals surface area contributed by atoms with Gasteiger partial charge in [0, 0.05) is 80.7 Å². The van der Waals surface area contributed by atoms with Gasteiger partial charge in [-0.2, -0.15) is 0 Å². The molecule has 154 valence electrons. The molecule has 2 heterocycles. The van der Waals surface area contributed by atoms with E-state index in [1.165, 1.54) is 0 Å². The van der Waals surface area contributed by atoms with Crippen LogP contribution in [0.4, 0.5) is 10.5 Å². The summed E-state index contributed by atoms with van der Waals surface area (Å²) < 4.78 is 11.8. The monoisotopic (exact) mass is 406 g/mol. The quantitative estimate of drug-likeness (QED) is 0.820. The molecule has 2 aliphatic rings. The van der Waals surface area contributed by atoms with E-state index in [1.807, 2.05) is 30.0 Å². The molecule has 0 spiro atoms. The van der Waals surface area contributed by atoms with E-state index in [0.29, 0.717) is 31.1 Å². The van der Waals surface area contributed by atoms with E-state index in [9.17, 15) is 13.8 Å². The first kappa shape index (κ1) is 20.6. The summed E-state index contributed by atoms with van der Waals surface area (Å²) in [4.78, 5) is 30.1. The van der Waals surface area contributed by atoms with Gasteiger partial charge in [-0.05, 0) is 17.5 Å². The van der Waals surface area contributed by atoms with Crippen LogP contribution in [0.5, 0.6) is 0 Å². The maximum absolute atomic E-state index is 12.6. The minimum atomic E-state index is -0.835. The third-order valence-electron chi connectivity index (χ3n) is 5.37. The number of hydrogen-bond acceptors (Lipinski definition) is 4. The number of urea groups is 1. The van der Waals surface area contributed by atoms with Gasteiger partial charge < -0.3 is 20.0 Å². The van der Waals surface area contributed by atoms with E-state index in [4.69, 9.17) is 0 Å². The van der Waals surface area contributed by atoms with Crippen molar-refractivity contribution < 1.29 is 13.8 Å². The Kier molecular flexibility index (Phi) is 6.93. The fraction of sp³-hybridized carbons (Fsp3) is 0.600. The molecule has 0 bridgehead atoms. The lowest BCUT2D eigenvalue weighted by Crippen LogP contribution is -2.48. The summed E-state index contributed by atoms with van der Waals surface area (Å²) in [5, 5.41) is 3.04. The van der Waals surface area contributed by atoms with Crippen molar-refractivity contribution in [1.29, 1.82) is 0 Å². The van der Waals surface area contributed by atoms with Crippen LogP contribution in [0.2, 0.25) is 0 Å². The lowest BCUT2D eigenvalue weighted by atomic mass is 10.1. The first-order valence-corrected chi connectivity index (χ1v) is 11.4. The minimum absolute atomic E-state index is 0.0954. The highest BCUT2D eigenvalue weighted by Gasteiger charge is 2.23. The van der Waals surface area contributed by atoms with Crippen molar-refractivity contribution in [2.24, 2.45) is 5.92 Å². The van der Waals surface area contributed by atoms with Crippen LogP contribution in [0.1, 0.15) is 19.4 Å². The van der Waals surface area contributed by atoms with E-state index in [-0.39, 0.29) is 17.9 Å². The Balaban J connectivity index is 1.60. The average Bonchev–Trinajstić information content (AvgIpc) is 2.86. The molecule has 2 aliphatic heterocycles. The second-order valence-electron chi connectivity index (χ2n) is 7.64. The molecule has 0 radical (unpaired) electrons. The van der Waals surface area contributed by atoms with Gasteiger partial charge in [0.25, 0.3) is 0 Å². The van der Waals surface area contributed by atoms with Crippen molar-refractivity contribution in [1.82, 2.24) is 15.1 Å². The Morgan fingerprint density at radius 2 is 1.82 bits per heavy atom. The Bertz CT molecular complexity index is 734.